The summed E-state index contributed by atoms with van der Waals surface area (Å²) in [7, 11) is 0. The molecule has 27 heavy (non-hydrogen) atoms. The fourth-order valence-electron chi connectivity index (χ4n) is 2.73. The predicted molar refractivity (Wildman–Crippen MR) is 108 cm³/mol. The SMILES string of the molecule is CCc1ccc([C@H](NC(=O)c2ccc(Cl)c([N+](=O)[O-])c2)c2cccs2)cc1. The maximum Gasteiger partial charge on any atom is 0.288 e. The molecule has 7 heteroatoms. The number of hydrogen-bond donors (Lipinski definition) is 1. The molecule has 5 nitrogen and oxygen atoms in total. The van der Waals surface area contributed by atoms with Gasteiger partial charge in [0.05, 0.1) is 11.0 Å². The van der Waals surface area contributed by atoms with Gasteiger partial charge in [-0.25, -0.2) is 0 Å². The molecule has 138 valence electrons. The molecule has 0 aliphatic rings. The van der Waals surface area contributed by atoms with Gasteiger partial charge in [-0.3, -0.25) is 14.9 Å². The molecule has 0 unspecified atom stereocenters. The minimum absolute atomic E-state index is 0.00140. The van der Waals surface area contributed by atoms with Crippen LogP contribution in [0, 0.1) is 10.1 Å². The fraction of sp³-hybridized carbons (Fsp3) is 0.150. The summed E-state index contributed by atoms with van der Waals surface area (Å²) in [5.74, 6) is -0.396. The smallest absolute Gasteiger partial charge is 0.288 e. The van der Waals surface area contributed by atoms with E-state index >= 15 is 0 Å². The lowest BCUT2D eigenvalue weighted by Crippen LogP contribution is -2.28. The number of nitro benzene ring substituents is 1. The first-order valence-corrected chi connectivity index (χ1v) is 9.62. The molecule has 1 heterocycles. The largest absolute Gasteiger partial charge is 0.340 e. The van der Waals surface area contributed by atoms with Gasteiger partial charge in [-0.2, -0.15) is 0 Å². The number of aryl methyl sites for hydroxylation is 1. The van der Waals surface area contributed by atoms with Crippen molar-refractivity contribution in [2.45, 2.75) is 19.4 Å². The molecule has 1 atom stereocenters. The lowest BCUT2D eigenvalue weighted by molar-refractivity contribution is -0.384. The van der Waals surface area contributed by atoms with Crippen LogP contribution in [0.25, 0.3) is 0 Å². The molecule has 0 aliphatic carbocycles. The first-order chi connectivity index (χ1) is 13.0. The Morgan fingerprint density at radius 1 is 1.22 bits per heavy atom. The van der Waals surface area contributed by atoms with E-state index in [4.69, 9.17) is 11.6 Å². The third kappa shape index (κ3) is 4.35. The number of nitrogens with zero attached hydrogens (tertiary/aromatic N) is 1. The predicted octanol–water partition coefficient (Wildman–Crippen LogP) is 5.39. The zero-order valence-electron chi connectivity index (χ0n) is 14.5. The summed E-state index contributed by atoms with van der Waals surface area (Å²) in [6.45, 7) is 2.08. The van der Waals surface area contributed by atoms with E-state index in [1.165, 1.54) is 35.1 Å². The Hall–Kier alpha value is -2.70. The topological polar surface area (TPSA) is 72.2 Å². The Balaban J connectivity index is 1.91. The molecule has 1 N–H and O–H groups in total. The lowest BCUT2D eigenvalue weighted by Gasteiger charge is -2.18. The second kappa shape index (κ2) is 8.33. The van der Waals surface area contributed by atoms with E-state index < -0.39 is 10.8 Å². The number of carbonyl (C=O) groups is 1. The average Bonchev–Trinajstić information content (AvgIpc) is 3.20. The molecular weight excluding hydrogens is 384 g/mol. The third-order valence-corrected chi connectivity index (χ3v) is 5.49. The van der Waals surface area contributed by atoms with E-state index in [1.807, 2.05) is 41.8 Å². The van der Waals surface area contributed by atoms with Crippen LogP contribution in [0.4, 0.5) is 5.69 Å². The first-order valence-electron chi connectivity index (χ1n) is 8.36. The van der Waals surface area contributed by atoms with E-state index in [0.29, 0.717) is 0 Å². The number of nitro groups is 1. The van der Waals surface area contributed by atoms with Crippen molar-refractivity contribution in [3.63, 3.8) is 0 Å². The molecule has 0 bridgehead atoms. The van der Waals surface area contributed by atoms with Crippen LogP contribution in [0.3, 0.4) is 0 Å². The van der Waals surface area contributed by atoms with Crippen LogP contribution in [0.15, 0.2) is 60.0 Å². The van der Waals surface area contributed by atoms with Crippen LogP contribution in [0.1, 0.15) is 39.3 Å². The van der Waals surface area contributed by atoms with Gasteiger partial charge in [-0.05, 0) is 41.1 Å². The second-order valence-electron chi connectivity index (χ2n) is 5.94. The molecule has 2 aromatic carbocycles. The Kier molecular flexibility index (Phi) is 5.88. The van der Waals surface area contributed by atoms with Gasteiger partial charge in [0, 0.05) is 16.5 Å². The quantitative estimate of drug-likeness (QED) is 0.445. The standard InChI is InChI=1S/C20H17ClN2O3S/c1-2-13-5-7-14(8-6-13)19(18-4-3-11-27-18)22-20(24)15-9-10-16(21)17(12-15)23(25)26/h3-12,19H,2H2,1H3,(H,22,24)/t19-/m0/s1. The van der Waals surface area contributed by atoms with Crippen molar-refractivity contribution in [1.82, 2.24) is 5.32 Å². The summed E-state index contributed by atoms with van der Waals surface area (Å²) in [6, 6.07) is 15.6. The third-order valence-electron chi connectivity index (χ3n) is 4.23. The molecule has 0 radical (unpaired) electrons. The van der Waals surface area contributed by atoms with Crippen LogP contribution >= 0.6 is 22.9 Å². The van der Waals surface area contributed by atoms with Gasteiger partial charge in [0.15, 0.2) is 0 Å². The summed E-state index contributed by atoms with van der Waals surface area (Å²) < 4.78 is 0. The van der Waals surface area contributed by atoms with Crippen LogP contribution < -0.4 is 5.32 Å². The second-order valence-corrected chi connectivity index (χ2v) is 7.33. The normalized spacial score (nSPS) is 11.8. The average molecular weight is 401 g/mol. The van der Waals surface area contributed by atoms with Gasteiger partial charge >= 0.3 is 0 Å². The highest BCUT2D eigenvalue weighted by Crippen LogP contribution is 2.28. The van der Waals surface area contributed by atoms with Crippen molar-refractivity contribution < 1.29 is 9.72 Å². The summed E-state index contributed by atoms with van der Waals surface area (Å²) in [5.41, 5.74) is 2.07. The maximum atomic E-state index is 12.8. The van der Waals surface area contributed by atoms with Crippen molar-refractivity contribution in [2.75, 3.05) is 0 Å². The zero-order valence-corrected chi connectivity index (χ0v) is 16.1. The van der Waals surface area contributed by atoms with Crippen LogP contribution in [0.2, 0.25) is 5.02 Å². The Morgan fingerprint density at radius 3 is 2.56 bits per heavy atom. The van der Waals surface area contributed by atoms with Crippen LogP contribution in [-0.4, -0.2) is 10.8 Å². The van der Waals surface area contributed by atoms with E-state index in [2.05, 4.69) is 12.2 Å². The highest BCUT2D eigenvalue weighted by molar-refractivity contribution is 7.10. The fourth-order valence-corrected chi connectivity index (χ4v) is 3.72. The highest BCUT2D eigenvalue weighted by Gasteiger charge is 2.21. The van der Waals surface area contributed by atoms with Crippen molar-refractivity contribution in [3.8, 4) is 0 Å². The van der Waals surface area contributed by atoms with Gasteiger partial charge in [0.1, 0.15) is 5.02 Å². The molecule has 1 aromatic heterocycles. The molecular formula is C20H17ClN2O3S. The molecule has 0 saturated carbocycles. The number of hydrogen-bond acceptors (Lipinski definition) is 4. The minimum Gasteiger partial charge on any atom is -0.340 e. The summed E-state index contributed by atoms with van der Waals surface area (Å²) in [4.78, 5) is 24.2. The monoisotopic (exact) mass is 400 g/mol. The maximum absolute atomic E-state index is 12.8. The van der Waals surface area contributed by atoms with E-state index in [0.717, 1.165) is 16.9 Å². The van der Waals surface area contributed by atoms with Crippen LogP contribution in [0.5, 0.6) is 0 Å². The van der Waals surface area contributed by atoms with E-state index in [-0.39, 0.29) is 22.3 Å². The number of nitrogens with one attached hydrogen (secondary N) is 1. The van der Waals surface area contributed by atoms with Gasteiger partial charge < -0.3 is 5.32 Å². The Bertz CT molecular complexity index is 956. The molecule has 0 spiro atoms. The molecule has 3 aromatic rings. The number of halogens is 1. The van der Waals surface area contributed by atoms with Crippen molar-refractivity contribution in [2.24, 2.45) is 0 Å². The number of rotatable bonds is 6. The van der Waals surface area contributed by atoms with Gasteiger partial charge in [-0.15, -0.1) is 11.3 Å². The molecule has 0 fully saturated rings. The molecule has 0 saturated heterocycles. The van der Waals surface area contributed by atoms with Gasteiger partial charge in [0.25, 0.3) is 11.6 Å². The van der Waals surface area contributed by atoms with Crippen molar-refractivity contribution in [3.05, 3.63) is 96.7 Å². The number of benzene rings is 2. The van der Waals surface area contributed by atoms with Crippen molar-refractivity contribution >= 4 is 34.5 Å². The molecule has 0 aliphatic heterocycles. The van der Waals surface area contributed by atoms with Crippen molar-refractivity contribution in [1.29, 1.82) is 0 Å². The van der Waals surface area contributed by atoms with E-state index in [1.54, 1.807) is 0 Å². The number of thiophene rings is 1. The number of amides is 1. The zero-order chi connectivity index (χ0) is 19.4. The molecule has 1 amide bonds. The Morgan fingerprint density at radius 2 is 1.96 bits per heavy atom. The summed E-state index contributed by atoms with van der Waals surface area (Å²) in [5, 5.41) is 16.0. The Labute approximate surface area is 165 Å². The minimum atomic E-state index is -0.598. The molecule has 3 rings (SSSR count). The lowest BCUT2D eigenvalue weighted by atomic mass is 10.0. The summed E-state index contributed by atoms with van der Waals surface area (Å²) in [6.07, 6.45) is 0.935. The van der Waals surface area contributed by atoms with E-state index in [9.17, 15) is 14.9 Å². The first kappa shape index (κ1) is 19.1. The number of carbonyl (C=O) groups excluding carboxylic acids is 1. The summed E-state index contributed by atoms with van der Waals surface area (Å²) >= 11 is 7.38. The highest BCUT2D eigenvalue weighted by atomic mass is 35.5. The van der Waals surface area contributed by atoms with Gasteiger partial charge in [-0.1, -0.05) is 48.9 Å². The van der Waals surface area contributed by atoms with Gasteiger partial charge in [0.2, 0.25) is 0 Å². The van der Waals surface area contributed by atoms with Crippen LogP contribution in [-0.2, 0) is 6.42 Å².